The molecule has 3 fully saturated rings. The average molecular weight is 687 g/mol. The highest BCUT2D eigenvalue weighted by atomic mass is 35.5. The minimum Gasteiger partial charge on any atom is -0.481 e. The van der Waals surface area contributed by atoms with E-state index < -0.39 is 0 Å². The zero-order valence-corrected chi connectivity index (χ0v) is 29.5. The van der Waals surface area contributed by atoms with Crippen LogP contribution in [0.25, 0.3) is 0 Å². The number of benzene rings is 2. The molecule has 3 aliphatic rings. The maximum atomic E-state index is 13.1. The van der Waals surface area contributed by atoms with Gasteiger partial charge in [0.2, 0.25) is 17.7 Å². The zero-order chi connectivity index (χ0) is 31.3. The molecule has 11 heteroatoms. The highest BCUT2D eigenvalue weighted by Crippen LogP contribution is 2.42. The fourth-order valence-corrected chi connectivity index (χ4v) is 7.00. The number of halogens is 2. The number of ether oxygens (including phenoxy) is 3. The van der Waals surface area contributed by atoms with E-state index in [0.29, 0.717) is 43.8 Å². The van der Waals surface area contributed by atoms with Crippen molar-refractivity contribution in [3.63, 3.8) is 0 Å². The lowest BCUT2D eigenvalue weighted by molar-refractivity contribution is -0.137. The molecule has 2 aliphatic heterocycles. The molecule has 2 saturated heterocycles. The standard InChI is InChI=1S/C36H47N5O4.2ClH/c1-25(2)45-36-30(35(44-4)37-34(38-36)28-15-16-28)23-39-21-29-22-40(32(42)17-20-43-3)18-19-41(29)31(24-39)33(26-11-7-5-8-12-26)27-13-9-6-10-14-27;;/h5-14,25,28-29,31,33H,15-24H2,1-4H3;2*1H/t29-,31+;;/m1../s1. The van der Waals surface area contributed by atoms with Crippen molar-refractivity contribution >= 4 is 30.7 Å². The fourth-order valence-electron chi connectivity index (χ4n) is 7.00. The van der Waals surface area contributed by atoms with Crippen LogP contribution in [0.2, 0.25) is 0 Å². The van der Waals surface area contributed by atoms with Crippen LogP contribution < -0.4 is 9.47 Å². The number of hydrogen-bond acceptors (Lipinski definition) is 8. The van der Waals surface area contributed by atoms with Gasteiger partial charge in [-0.2, -0.15) is 9.97 Å². The summed E-state index contributed by atoms with van der Waals surface area (Å²) in [5, 5.41) is 0. The second-order valence-electron chi connectivity index (χ2n) is 12.9. The first kappa shape index (κ1) is 36.9. The van der Waals surface area contributed by atoms with Gasteiger partial charge in [-0.3, -0.25) is 14.6 Å². The molecule has 2 atom stereocenters. The minimum absolute atomic E-state index is 0. The fraction of sp³-hybridized carbons (Fsp3) is 0.528. The quantitative estimate of drug-likeness (QED) is 0.245. The summed E-state index contributed by atoms with van der Waals surface area (Å²) in [4.78, 5) is 30.1. The molecule has 47 heavy (non-hydrogen) atoms. The van der Waals surface area contributed by atoms with Gasteiger partial charge < -0.3 is 19.1 Å². The van der Waals surface area contributed by atoms with E-state index in [1.54, 1.807) is 14.2 Å². The van der Waals surface area contributed by atoms with Crippen LogP contribution in [0.5, 0.6) is 11.8 Å². The number of hydrogen-bond donors (Lipinski definition) is 0. The summed E-state index contributed by atoms with van der Waals surface area (Å²) in [5.41, 5.74) is 3.49. The van der Waals surface area contributed by atoms with Gasteiger partial charge in [0.1, 0.15) is 5.82 Å². The summed E-state index contributed by atoms with van der Waals surface area (Å²) in [7, 11) is 3.34. The van der Waals surface area contributed by atoms with Crippen molar-refractivity contribution < 1.29 is 19.0 Å². The van der Waals surface area contributed by atoms with Gasteiger partial charge in [-0.05, 0) is 37.8 Å². The first-order chi connectivity index (χ1) is 21.9. The van der Waals surface area contributed by atoms with Crippen LogP contribution in [0.1, 0.15) is 67.5 Å². The van der Waals surface area contributed by atoms with Gasteiger partial charge >= 0.3 is 0 Å². The summed E-state index contributed by atoms with van der Waals surface area (Å²) >= 11 is 0. The number of rotatable bonds is 12. The predicted molar refractivity (Wildman–Crippen MR) is 188 cm³/mol. The molecule has 256 valence electrons. The smallest absolute Gasteiger partial charge is 0.225 e. The number of amides is 1. The number of carbonyl (C=O) groups excluding carboxylic acids is 1. The first-order valence-electron chi connectivity index (χ1n) is 16.4. The molecule has 1 amide bonds. The van der Waals surface area contributed by atoms with Gasteiger partial charge in [0, 0.05) is 70.3 Å². The summed E-state index contributed by atoms with van der Waals surface area (Å²) in [5.74, 6) is 2.75. The lowest BCUT2D eigenvalue weighted by Gasteiger charge is -2.53. The molecule has 0 bridgehead atoms. The number of aromatic nitrogens is 2. The third-order valence-corrected chi connectivity index (χ3v) is 9.26. The Morgan fingerprint density at radius 3 is 2.09 bits per heavy atom. The molecule has 9 nitrogen and oxygen atoms in total. The molecule has 6 rings (SSSR count). The number of carbonyl (C=O) groups is 1. The highest BCUT2D eigenvalue weighted by molar-refractivity contribution is 5.85. The number of piperazine rings is 2. The Morgan fingerprint density at radius 2 is 1.51 bits per heavy atom. The highest BCUT2D eigenvalue weighted by Gasteiger charge is 2.43. The van der Waals surface area contributed by atoms with Crippen LogP contribution in [0.4, 0.5) is 0 Å². The molecule has 0 unspecified atom stereocenters. The normalized spacial score (nSPS) is 19.9. The van der Waals surface area contributed by atoms with Crippen molar-refractivity contribution in [2.24, 2.45) is 0 Å². The summed E-state index contributed by atoms with van der Waals surface area (Å²) in [6, 6.07) is 22.1. The van der Waals surface area contributed by atoms with E-state index in [2.05, 4.69) is 70.5 Å². The van der Waals surface area contributed by atoms with E-state index in [0.717, 1.165) is 50.4 Å². The molecular formula is C36H49Cl2N5O4. The second-order valence-corrected chi connectivity index (χ2v) is 12.9. The Hall–Kier alpha value is -2.95. The topological polar surface area (TPSA) is 80.3 Å². The van der Waals surface area contributed by atoms with Gasteiger partial charge in [-0.1, -0.05) is 60.7 Å². The van der Waals surface area contributed by atoms with E-state index in [4.69, 9.17) is 24.2 Å². The maximum absolute atomic E-state index is 13.1. The van der Waals surface area contributed by atoms with Crippen LogP contribution in [-0.4, -0.2) is 102 Å². The van der Waals surface area contributed by atoms with Gasteiger partial charge in [-0.15, -0.1) is 24.8 Å². The third kappa shape index (κ3) is 8.75. The van der Waals surface area contributed by atoms with Crippen molar-refractivity contribution in [1.82, 2.24) is 24.7 Å². The van der Waals surface area contributed by atoms with Crippen LogP contribution in [0.15, 0.2) is 60.7 Å². The minimum atomic E-state index is -0.0226. The summed E-state index contributed by atoms with van der Waals surface area (Å²) < 4.78 is 17.4. The molecule has 1 aliphatic carbocycles. The van der Waals surface area contributed by atoms with E-state index >= 15 is 0 Å². The number of fused-ring (bicyclic) bond motifs is 1. The van der Waals surface area contributed by atoms with Crippen molar-refractivity contribution in [3.05, 3.63) is 83.2 Å². The largest absolute Gasteiger partial charge is 0.481 e. The van der Waals surface area contributed by atoms with Crippen molar-refractivity contribution in [1.29, 1.82) is 0 Å². The number of nitrogens with zero attached hydrogens (tertiary/aromatic N) is 5. The van der Waals surface area contributed by atoms with Crippen molar-refractivity contribution in [2.75, 3.05) is 53.6 Å². The molecule has 0 radical (unpaired) electrons. The molecule has 3 aromatic rings. The van der Waals surface area contributed by atoms with E-state index in [1.165, 1.54) is 11.1 Å². The lowest BCUT2D eigenvalue weighted by atomic mass is 9.81. The zero-order valence-electron chi connectivity index (χ0n) is 27.9. The van der Waals surface area contributed by atoms with Crippen LogP contribution >= 0.6 is 24.8 Å². The Morgan fingerprint density at radius 1 is 0.872 bits per heavy atom. The molecule has 3 heterocycles. The second kappa shape index (κ2) is 16.9. The SMILES string of the molecule is COCCC(=O)N1CCN2[C@H](CN(Cc3c(OC)nc(C4CC4)nc3OC(C)C)C[C@H]2C(c2ccccc2)c2ccccc2)C1.Cl.Cl. The Labute approximate surface area is 291 Å². The third-order valence-electron chi connectivity index (χ3n) is 9.26. The monoisotopic (exact) mass is 685 g/mol. The molecule has 0 N–H and O–H groups in total. The van der Waals surface area contributed by atoms with Gasteiger partial charge in [0.15, 0.2) is 0 Å². The van der Waals surface area contributed by atoms with Gasteiger partial charge in [0.25, 0.3) is 0 Å². The predicted octanol–water partition coefficient (Wildman–Crippen LogP) is 5.56. The van der Waals surface area contributed by atoms with Crippen molar-refractivity contribution in [2.45, 2.75) is 69.7 Å². The molecule has 1 aromatic heterocycles. The molecule has 2 aromatic carbocycles. The first-order valence-corrected chi connectivity index (χ1v) is 16.4. The van der Waals surface area contributed by atoms with E-state index in [-0.39, 0.29) is 54.8 Å². The average Bonchev–Trinajstić information content (AvgIpc) is 3.91. The molecule has 1 saturated carbocycles. The Bertz CT molecular complexity index is 1390. The Balaban J connectivity index is 0.00000250. The number of methoxy groups -OCH3 is 2. The lowest BCUT2D eigenvalue weighted by Crippen LogP contribution is -2.67. The Kier molecular flexibility index (Phi) is 13.3. The van der Waals surface area contributed by atoms with Crippen LogP contribution in [-0.2, 0) is 16.1 Å². The molecule has 0 spiro atoms. The van der Waals surface area contributed by atoms with E-state index in [1.807, 2.05) is 18.7 Å². The van der Waals surface area contributed by atoms with Crippen molar-refractivity contribution in [3.8, 4) is 11.8 Å². The summed E-state index contributed by atoms with van der Waals surface area (Å²) in [6.45, 7) is 9.02. The van der Waals surface area contributed by atoms with E-state index in [9.17, 15) is 4.79 Å². The summed E-state index contributed by atoms with van der Waals surface area (Å²) in [6.07, 6.45) is 2.60. The maximum Gasteiger partial charge on any atom is 0.225 e. The van der Waals surface area contributed by atoms with Crippen LogP contribution in [0.3, 0.4) is 0 Å². The van der Waals surface area contributed by atoms with Gasteiger partial charge in [-0.25, -0.2) is 0 Å². The van der Waals surface area contributed by atoms with Crippen LogP contribution in [0, 0.1) is 0 Å². The van der Waals surface area contributed by atoms with Gasteiger partial charge in [0.05, 0.1) is 31.8 Å². The molecular weight excluding hydrogens is 637 g/mol.